The third-order valence-electron chi connectivity index (χ3n) is 4.53. The Morgan fingerprint density at radius 3 is 2.95 bits per heavy atom. The van der Waals surface area contributed by atoms with Crippen LogP contribution in [0.2, 0.25) is 0 Å². The fourth-order valence-electron chi connectivity index (χ4n) is 3.35. The molecule has 0 saturated heterocycles. The maximum Gasteiger partial charge on any atom is 0.123 e. The quantitative estimate of drug-likeness (QED) is 0.632. The van der Waals surface area contributed by atoms with Gasteiger partial charge in [-0.1, -0.05) is 38.3 Å². The molecule has 0 aliphatic heterocycles. The second-order valence-electron chi connectivity index (χ2n) is 5.81. The smallest absolute Gasteiger partial charge is 0.123 e. The van der Waals surface area contributed by atoms with Crippen molar-refractivity contribution in [1.29, 1.82) is 0 Å². The van der Waals surface area contributed by atoms with Crippen molar-refractivity contribution in [1.82, 2.24) is 5.43 Å². The van der Waals surface area contributed by atoms with Gasteiger partial charge in [0.05, 0.1) is 0 Å². The minimum absolute atomic E-state index is 0.164. The highest BCUT2D eigenvalue weighted by molar-refractivity contribution is 5.17. The zero-order valence-corrected chi connectivity index (χ0v) is 11.7. The molecule has 2 rings (SSSR count). The summed E-state index contributed by atoms with van der Waals surface area (Å²) in [5.41, 5.74) is 3.99. The average Bonchev–Trinajstić information content (AvgIpc) is 2.45. The summed E-state index contributed by atoms with van der Waals surface area (Å²) >= 11 is 0. The zero-order chi connectivity index (χ0) is 13.7. The van der Waals surface area contributed by atoms with Gasteiger partial charge >= 0.3 is 0 Å². The number of benzene rings is 1. The molecule has 2 nitrogen and oxygen atoms in total. The second kappa shape index (κ2) is 7.01. The van der Waals surface area contributed by atoms with Crippen molar-refractivity contribution in [2.24, 2.45) is 17.7 Å². The standard InChI is InChI=1S/C16H25FN2/c1-2-12-5-3-7-14(9-12)16(19-18)11-13-6-4-8-15(17)10-13/h4,6,8,10,12,14,16,19H,2-3,5,7,9,11,18H2,1H3. The third-order valence-corrected chi connectivity index (χ3v) is 4.53. The molecule has 3 heteroatoms. The predicted molar refractivity (Wildman–Crippen MR) is 77.0 cm³/mol. The van der Waals surface area contributed by atoms with Crippen molar-refractivity contribution < 1.29 is 4.39 Å². The predicted octanol–water partition coefficient (Wildman–Crippen LogP) is 3.42. The highest BCUT2D eigenvalue weighted by Gasteiger charge is 2.27. The van der Waals surface area contributed by atoms with E-state index >= 15 is 0 Å². The van der Waals surface area contributed by atoms with Crippen LogP contribution in [0.5, 0.6) is 0 Å². The third kappa shape index (κ3) is 4.02. The van der Waals surface area contributed by atoms with Gasteiger partial charge in [0, 0.05) is 6.04 Å². The Morgan fingerprint density at radius 2 is 2.26 bits per heavy atom. The molecular weight excluding hydrogens is 239 g/mol. The minimum Gasteiger partial charge on any atom is -0.271 e. The van der Waals surface area contributed by atoms with Crippen LogP contribution in [-0.4, -0.2) is 6.04 Å². The van der Waals surface area contributed by atoms with Crippen molar-refractivity contribution in [2.45, 2.75) is 51.5 Å². The first kappa shape index (κ1) is 14.5. The van der Waals surface area contributed by atoms with Gasteiger partial charge in [0.25, 0.3) is 0 Å². The lowest BCUT2D eigenvalue weighted by Crippen LogP contribution is -2.44. The van der Waals surface area contributed by atoms with Gasteiger partial charge in [-0.2, -0.15) is 0 Å². The number of nitrogens with one attached hydrogen (secondary N) is 1. The average molecular weight is 264 g/mol. The molecule has 1 saturated carbocycles. The van der Waals surface area contributed by atoms with Gasteiger partial charge in [-0.25, -0.2) is 4.39 Å². The summed E-state index contributed by atoms with van der Waals surface area (Å²) < 4.78 is 13.2. The Balaban J connectivity index is 1.99. The first-order chi connectivity index (χ1) is 9.22. The number of hydrogen-bond acceptors (Lipinski definition) is 2. The molecule has 1 aliphatic rings. The summed E-state index contributed by atoms with van der Waals surface area (Å²) in [5, 5.41) is 0. The maximum atomic E-state index is 13.2. The molecule has 3 N–H and O–H groups in total. The van der Waals surface area contributed by atoms with E-state index in [1.807, 2.05) is 6.07 Å². The number of halogens is 1. The summed E-state index contributed by atoms with van der Waals surface area (Å²) in [6.45, 7) is 2.27. The Morgan fingerprint density at radius 1 is 1.42 bits per heavy atom. The molecule has 1 aromatic rings. The van der Waals surface area contributed by atoms with Gasteiger partial charge in [0.2, 0.25) is 0 Å². The van der Waals surface area contributed by atoms with Gasteiger partial charge in [0.1, 0.15) is 5.82 Å². The Kier molecular flexibility index (Phi) is 5.34. The van der Waals surface area contributed by atoms with Crippen LogP contribution in [0.25, 0.3) is 0 Å². The molecule has 3 atom stereocenters. The van der Waals surface area contributed by atoms with E-state index in [4.69, 9.17) is 5.84 Å². The van der Waals surface area contributed by atoms with E-state index in [1.165, 1.54) is 38.2 Å². The fourth-order valence-corrected chi connectivity index (χ4v) is 3.35. The molecule has 106 valence electrons. The number of nitrogens with two attached hydrogens (primary N) is 1. The zero-order valence-electron chi connectivity index (χ0n) is 11.7. The van der Waals surface area contributed by atoms with Gasteiger partial charge in [-0.05, 0) is 48.8 Å². The first-order valence-corrected chi connectivity index (χ1v) is 7.43. The van der Waals surface area contributed by atoms with Crippen molar-refractivity contribution in [3.8, 4) is 0 Å². The molecule has 0 bridgehead atoms. The summed E-state index contributed by atoms with van der Waals surface area (Å²) in [6.07, 6.45) is 7.21. The van der Waals surface area contributed by atoms with E-state index in [0.29, 0.717) is 5.92 Å². The molecular formula is C16H25FN2. The van der Waals surface area contributed by atoms with Crippen molar-refractivity contribution >= 4 is 0 Å². The van der Waals surface area contributed by atoms with Gasteiger partial charge < -0.3 is 0 Å². The van der Waals surface area contributed by atoms with Crippen molar-refractivity contribution in [3.63, 3.8) is 0 Å². The van der Waals surface area contributed by atoms with Crippen molar-refractivity contribution in [3.05, 3.63) is 35.6 Å². The fraction of sp³-hybridized carbons (Fsp3) is 0.625. The summed E-state index contributed by atoms with van der Waals surface area (Å²) in [5.74, 6) is 7.02. The summed E-state index contributed by atoms with van der Waals surface area (Å²) in [4.78, 5) is 0. The Bertz CT molecular complexity index is 394. The summed E-state index contributed by atoms with van der Waals surface area (Å²) in [6, 6.07) is 7.12. The normalized spacial score (nSPS) is 25.2. The van der Waals surface area contributed by atoms with Crippen LogP contribution < -0.4 is 11.3 Å². The highest BCUT2D eigenvalue weighted by atomic mass is 19.1. The first-order valence-electron chi connectivity index (χ1n) is 7.43. The Labute approximate surface area is 115 Å². The van der Waals surface area contributed by atoms with E-state index in [-0.39, 0.29) is 11.9 Å². The lowest BCUT2D eigenvalue weighted by molar-refractivity contribution is 0.208. The van der Waals surface area contributed by atoms with E-state index < -0.39 is 0 Å². The number of rotatable bonds is 5. The largest absolute Gasteiger partial charge is 0.271 e. The van der Waals surface area contributed by atoms with E-state index in [2.05, 4.69) is 12.3 Å². The van der Waals surface area contributed by atoms with Gasteiger partial charge in [-0.15, -0.1) is 0 Å². The molecule has 1 aliphatic carbocycles. The molecule has 0 amide bonds. The van der Waals surface area contributed by atoms with E-state index in [1.54, 1.807) is 12.1 Å². The lowest BCUT2D eigenvalue weighted by atomic mass is 9.75. The Hall–Kier alpha value is -0.930. The van der Waals surface area contributed by atoms with Gasteiger partial charge in [-0.3, -0.25) is 11.3 Å². The molecule has 19 heavy (non-hydrogen) atoms. The summed E-state index contributed by atoms with van der Waals surface area (Å²) in [7, 11) is 0. The van der Waals surface area contributed by atoms with Crippen LogP contribution in [0, 0.1) is 17.7 Å². The second-order valence-corrected chi connectivity index (χ2v) is 5.81. The van der Waals surface area contributed by atoms with Crippen molar-refractivity contribution in [2.75, 3.05) is 0 Å². The lowest BCUT2D eigenvalue weighted by Gasteiger charge is -2.34. The van der Waals surface area contributed by atoms with Crippen LogP contribution in [0.4, 0.5) is 4.39 Å². The monoisotopic (exact) mass is 264 g/mol. The molecule has 0 radical (unpaired) electrons. The molecule has 1 aromatic carbocycles. The molecule has 0 heterocycles. The van der Waals surface area contributed by atoms with Crippen LogP contribution in [0.3, 0.4) is 0 Å². The van der Waals surface area contributed by atoms with Crippen LogP contribution in [0.15, 0.2) is 24.3 Å². The topological polar surface area (TPSA) is 38.0 Å². The molecule has 0 aromatic heterocycles. The molecule has 3 unspecified atom stereocenters. The van der Waals surface area contributed by atoms with E-state index in [0.717, 1.165) is 17.9 Å². The van der Waals surface area contributed by atoms with E-state index in [9.17, 15) is 4.39 Å². The molecule has 0 spiro atoms. The minimum atomic E-state index is -0.164. The molecule has 1 fully saturated rings. The number of hydrazine groups is 1. The van der Waals surface area contributed by atoms with Crippen LogP contribution >= 0.6 is 0 Å². The maximum absolute atomic E-state index is 13.2. The van der Waals surface area contributed by atoms with Gasteiger partial charge in [0.15, 0.2) is 0 Å². The SMILES string of the molecule is CCC1CCCC(C(Cc2cccc(F)c2)NN)C1. The number of hydrogen-bond donors (Lipinski definition) is 2. The highest BCUT2D eigenvalue weighted by Crippen LogP contribution is 2.33. The van der Waals surface area contributed by atoms with Crippen LogP contribution in [0.1, 0.15) is 44.6 Å². The van der Waals surface area contributed by atoms with Crippen LogP contribution in [-0.2, 0) is 6.42 Å².